The Kier molecular flexibility index (Phi) is 5.99. The molecule has 5 rings (SSSR count). The van der Waals surface area contributed by atoms with Crippen LogP contribution < -0.4 is 4.90 Å². The molecule has 6 heteroatoms. The maximum absolute atomic E-state index is 13.6. The van der Waals surface area contributed by atoms with Gasteiger partial charge >= 0.3 is 0 Å². The van der Waals surface area contributed by atoms with Crippen LogP contribution in [0, 0.1) is 0 Å². The van der Waals surface area contributed by atoms with Crippen molar-refractivity contribution in [3.8, 4) is 0 Å². The SMILES string of the molecule is O=C1C(c2ccccc2)=C(N2CCN(Cc3ccccc3)CC2)C(=O)N1c1cccc(Cl)c1. The van der Waals surface area contributed by atoms with Crippen molar-refractivity contribution in [2.45, 2.75) is 6.54 Å². The first-order valence-electron chi connectivity index (χ1n) is 11.1. The Labute approximate surface area is 198 Å². The number of carbonyl (C=O) groups excluding carboxylic acids is 2. The van der Waals surface area contributed by atoms with Gasteiger partial charge in [-0.25, -0.2) is 4.90 Å². The Hall–Kier alpha value is -3.41. The molecule has 0 saturated carbocycles. The van der Waals surface area contributed by atoms with Gasteiger partial charge in [0.2, 0.25) is 0 Å². The van der Waals surface area contributed by atoms with Crippen molar-refractivity contribution in [3.05, 3.63) is 107 Å². The second-order valence-corrected chi connectivity index (χ2v) is 8.70. The van der Waals surface area contributed by atoms with Crippen molar-refractivity contribution in [3.63, 3.8) is 0 Å². The quantitative estimate of drug-likeness (QED) is 0.531. The molecule has 0 aromatic heterocycles. The van der Waals surface area contributed by atoms with E-state index in [-0.39, 0.29) is 11.8 Å². The first-order valence-corrected chi connectivity index (χ1v) is 11.4. The molecule has 2 aliphatic heterocycles. The van der Waals surface area contributed by atoms with Crippen LogP contribution in [-0.4, -0.2) is 47.8 Å². The van der Waals surface area contributed by atoms with E-state index in [9.17, 15) is 9.59 Å². The molecule has 0 aliphatic carbocycles. The third-order valence-electron chi connectivity index (χ3n) is 6.13. The lowest BCUT2D eigenvalue weighted by atomic mass is 10.0. The minimum absolute atomic E-state index is 0.294. The molecular formula is C27H24ClN3O2. The van der Waals surface area contributed by atoms with Gasteiger partial charge < -0.3 is 4.90 Å². The van der Waals surface area contributed by atoms with Crippen molar-refractivity contribution >= 4 is 34.7 Å². The van der Waals surface area contributed by atoms with E-state index in [1.54, 1.807) is 24.3 Å². The highest BCUT2D eigenvalue weighted by molar-refractivity contribution is 6.45. The Bertz CT molecular complexity index is 1200. The standard InChI is InChI=1S/C27H24ClN3O2/c28-22-12-7-13-23(18-22)31-26(32)24(21-10-5-2-6-11-21)25(27(31)33)30-16-14-29(15-17-30)19-20-8-3-1-4-9-20/h1-13,18H,14-17,19H2. The van der Waals surface area contributed by atoms with E-state index < -0.39 is 0 Å². The predicted octanol–water partition coefficient (Wildman–Crippen LogP) is 4.44. The average Bonchev–Trinajstić information content (AvgIpc) is 3.10. The van der Waals surface area contributed by atoms with Crippen LogP contribution in [0.1, 0.15) is 11.1 Å². The zero-order chi connectivity index (χ0) is 22.8. The number of hydrogen-bond donors (Lipinski definition) is 0. The van der Waals surface area contributed by atoms with Crippen LogP contribution >= 0.6 is 11.6 Å². The van der Waals surface area contributed by atoms with Crippen LogP contribution in [0.5, 0.6) is 0 Å². The second-order valence-electron chi connectivity index (χ2n) is 8.26. The van der Waals surface area contributed by atoms with Gasteiger partial charge in [0.05, 0.1) is 11.3 Å². The number of anilines is 1. The summed E-state index contributed by atoms with van der Waals surface area (Å²) in [6.45, 7) is 3.88. The Morgan fingerprint density at radius 1 is 0.727 bits per heavy atom. The van der Waals surface area contributed by atoms with E-state index in [1.807, 2.05) is 36.4 Å². The summed E-state index contributed by atoms with van der Waals surface area (Å²) in [6.07, 6.45) is 0. The fourth-order valence-electron chi connectivity index (χ4n) is 4.50. The van der Waals surface area contributed by atoms with Crippen LogP contribution in [0.15, 0.2) is 90.6 Å². The van der Waals surface area contributed by atoms with E-state index in [0.29, 0.717) is 35.1 Å². The number of halogens is 1. The van der Waals surface area contributed by atoms with Crippen LogP contribution in [0.25, 0.3) is 5.57 Å². The summed E-state index contributed by atoms with van der Waals surface area (Å²) in [5.41, 5.74) is 3.45. The molecule has 5 nitrogen and oxygen atoms in total. The smallest absolute Gasteiger partial charge is 0.282 e. The van der Waals surface area contributed by atoms with Gasteiger partial charge in [-0.15, -0.1) is 0 Å². The minimum Gasteiger partial charge on any atom is -0.364 e. The highest BCUT2D eigenvalue weighted by Gasteiger charge is 2.43. The maximum atomic E-state index is 13.6. The molecule has 0 atom stereocenters. The summed E-state index contributed by atoms with van der Waals surface area (Å²) in [6, 6.07) is 26.7. The largest absolute Gasteiger partial charge is 0.364 e. The summed E-state index contributed by atoms with van der Waals surface area (Å²) in [7, 11) is 0. The summed E-state index contributed by atoms with van der Waals surface area (Å²) in [4.78, 5) is 32.9. The lowest BCUT2D eigenvalue weighted by molar-refractivity contribution is -0.120. The zero-order valence-corrected chi connectivity index (χ0v) is 18.9. The highest BCUT2D eigenvalue weighted by Crippen LogP contribution is 2.35. The van der Waals surface area contributed by atoms with Gasteiger partial charge in [0, 0.05) is 37.7 Å². The molecule has 166 valence electrons. The fourth-order valence-corrected chi connectivity index (χ4v) is 4.68. The molecule has 2 heterocycles. The third-order valence-corrected chi connectivity index (χ3v) is 6.36. The summed E-state index contributed by atoms with van der Waals surface area (Å²) >= 11 is 6.16. The number of rotatable bonds is 5. The van der Waals surface area contributed by atoms with E-state index in [0.717, 1.165) is 25.2 Å². The van der Waals surface area contributed by atoms with E-state index in [4.69, 9.17) is 11.6 Å². The van der Waals surface area contributed by atoms with Crippen molar-refractivity contribution < 1.29 is 9.59 Å². The van der Waals surface area contributed by atoms with E-state index in [2.05, 4.69) is 34.1 Å². The second kappa shape index (κ2) is 9.22. The monoisotopic (exact) mass is 457 g/mol. The highest BCUT2D eigenvalue weighted by atomic mass is 35.5. The average molecular weight is 458 g/mol. The number of benzene rings is 3. The number of nitrogens with zero attached hydrogens (tertiary/aromatic N) is 3. The van der Waals surface area contributed by atoms with Gasteiger partial charge in [-0.2, -0.15) is 0 Å². The number of carbonyl (C=O) groups is 2. The van der Waals surface area contributed by atoms with Gasteiger partial charge in [-0.05, 0) is 29.3 Å². The molecule has 0 bridgehead atoms. The van der Waals surface area contributed by atoms with Gasteiger partial charge in [-0.1, -0.05) is 78.3 Å². The molecule has 2 aliphatic rings. The fraction of sp³-hybridized carbons (Fsp3) is 0.185. The summed E-state index contributed by atoms with van der Waals surface area (Å²) in [5, 5.41) is 0.484. The minimum atomic E-state index is -0.310. The zero-order valence-electron chi connectivity index (χ0n) is 18.2. The molecule has 1 saturated heterocycles. The van der Waals surface area contributed by atoms with Gasteiger partial charge in [-0.3, -0.25) is 14.5 Å². The van der Waals surface area contributed by atoms with Gasteiger partial charge in [0.1, 0.15) is 5.70 Å². The lowest BCUT2D eigenvalue weighted by Gasteiger charge is -2.36. The third kappa shape index (κ3) is 4.30. The lowest BCUT2D eigenvalue weighted by Crippen LogP contribution is -2.47. The molecular weight excluding hydrogens is 434 g/mol. The Balaban J connectivity index is 1.44. The predicted molar refractivity (Wildman–Crippen MR) is 131 cm³/mol. The first kappa shape index (κ1) is 21.4. The molecule has 33 heavy (non-hydrogen) atoms. The Morgan fingerprint density at radius 2 is 1.39 bits per heavy atom. The summed E-state index contributed by atoms with van der Waals surface area (Å²) < 4.78 is 0. The molecule has 0 spiro atoms. The number of piperazine rings is 1. The molecule has 2 amide bonds. The van der Waals surface area contributed by atoms with Crippen LogP contribution in [0.2, 0.25) is 5.02 Å². The van der Waals surface area contributed by atoms with Crippen molar-refractivity contribution in [1.29, 1.82) is 0 Å². The van der Waals surface area contributed by atoms with Crippen molar-refractivity contribution in [2.75, 3.05) is 31.1 Å². The molecule has 0 unspecified atom stereocenters. The normalized spacial score (nSPS) is 17.2. The Morgan fingerprint density at radius 3 is 2.06 bits per heavy atom. The van der Waals surface area contributed by atoms with Crippen LogP contribution in [0.4, 0.5) is 5.69 Å². The maximum Gasteiger partial charge on any atom is 0.282 e. The van der Waals surface area contributed by atoms with Gasteiger partial charge in [0.25, 0.3) is 11.8 Å². The van der Waals surface area contributed by atoms with E-state index >= 15 is 0 Å². The van der Waals surface area contributed by atoms with Crippen molar-refractivity contribution in [2.24, 2.45) is 0 Å². The molecule has 3 aromatic carbocycles. The van der Waals surface area contributed by atoms with Crippen molar-refractivity contribution in [1.82, 2.24) is 9.80 Å². The topological polar surface area (TPSA) is 43.9 Å². The molecule has 3 aromatic rings. The van der Waals surface area contributed by atoms with Crippen LogP contribution in [-0.2, 0) is 16.1 Å². The summed E-state index contributed by atoms with van der Waals surface area (Å²) in [5.74, 6) is -0.604. The molecule has 0 N–H and O–H groups in total. The first-order chi connectivity index (χ1) is 16.1. The van der Waals surface area contributed by atoms with Gasteiger partial charge in [0.15, 0.2) is 0 Å². The van der Waals surface area contributed by atoms with Crippen LogP contribution in [0.3, 0.4) is 0 Å². The number of amides is 2. The molecule has 0 radical (unpaired) electrons. The van der Waals surface area contributed by atoms with E-state index in [1.165, 1.54) is 10.5 Å². The number of imide groups is 1. The number of hydrogen-bond acceptors (Lipinski definition) is 4. The molecule has 1 fully saturated rings.